The van der Waals surface area contributed by atoms with Gasteiger partial charge in [0.2, 0.25) is 0 Å². The molecule has 0 saturated carbocycles. The Balaban J connectivity index is 1.62. The minimum absolute atomic E-state index is 0.123. The van der Waals surface area contributed by atoms with Crippen LogP contribution in [0, 0.1) is 0 Å². The van der Waals surface area contributed by atoms with E-state index in [0.717, 1.165) is 22.3 Å². The maximum absolute atomic E-state index is 13.1. The van der Waals surface area contributed by atoms with Gasteiger partial charge in [0, 0.05) is 47.0 Å². The molecule has 4 heteroatoms. The molecule has 0 atom stereocenters. The summed E-state index contributed by atoms with van der Waals surface area (Å²) in [5.41, 5.74) is 5.48. The number of hydrogen-bond acceptors (Lipinski definition) is 4. The first kappa shape index (κ1) is 16.3. The molecule has 0 bridgehead atoms. The second-order valence-corrected chi connectivity index (χ2v) is 6.65. The minimum atomic E-state index is -0.123. The van der Waals surface area contributed by atoms with Crippen molar-refractivity contribution >= 4 is 11.6 Å². The fourth-order valence-electron chi connectivity index (χ4n) is 3.60. The molecule has 2 heterocycles. The molecule has 0 unspecified atom stereocenters. The van der Waals surface area contributed by atoms with E-state index >= 15 is 0 Å². The minimum Gasteiger partial charge on any atom is -0.289 e. The summed E-state index contributed by atoms with van der Waals surface area (Å²) in [4.78, 5) is 34.3. The van der Waals surface area contributed by atoms with E-state index in [1.54, 1.807) is 49.1 Å². The number of pyridine rings is 2. The summed E-state index contributed by atoms with van der Waals surface area (Å²) in [5, 5.41) is 0. The molecular weight excluding hydrogens is 348 g/mol. The molecule has 5 rings (SSSR count). The van der Waals surface area contributed by atoms with Crippen molar-refractivity contribution in [2.75, 3.05) is 0 Å². The lowest BCUT2D eigenvalue weighted by molar-refractivity contribution is 0.0979. The van der Waals surface area contributed by atoms with Gasteiger partial charge in [0.15, 0.2) is 11.6 Å². The van der Waals surface area contributed by atoms with Gasteiger partial charge in [-0.2, -0.15) is 0 Å². The lowest BCUT2D eigenvalue weighted by Crippen LogP contribution is -2.21. The lowest BCUT2D eigenvalue weighted by Gasteiger charge is -2.19. The molecule has 132 valence electrons. The van der Waals surface area contributed by atoms with Crippen LogP contribution in [0.5, 0.6) is 0 Å². The molecule has 0 amide bonds. The molecule has 2 aromatic carbocycles. The first-order chi connectivity index (χ1) is 13.7. The molecule has 2 aromatic heterocycles. The van der Waals surface area contributed by atoms with Crippen LogP contribution in [0.2, 0.25) is 0 Å². The molecule has 28 heavy (non-hydrogen) atoms. The third kappa shape index (κ3) is 2.55. The Morgan fingerprint density at radius 3 is 1.21 bits per heavy atom. The Kier molecular flexibility index (Phi) is 3.69. The third-order valence-corrected chi connectivity index (χ3v) is 5.04. The maximum atomic E-state index is 13.1. The Labute approximate surface area is 161 Å². The number of nitrogens with zero attached hydrogens (tertiary/aromatic N) is 2. The molecule has 0 aliphatic heterocycles. The quantitative estimate of drug-likeness (QED) is 0.461. The lowest BCUT2D eigenvalue weighted by atomic mass is 9.81. The van der Waals surface area contributed by atoms with Gasteiger partial charge in [-0.25, -0.2) is 0 Å². The van der Waals surface area contributed by atoms with Crippen molar-refractivity contribution in [1.82, 2.24) is 9.97 Å². The number of hydrogen-bond donors (Lipinski definition) is 0. The first-order valence-corrected chi connectivity index (χ1v) is 8.91. The number of carbonyl (C=O) groups excluding carboxylic acids is 2. The van der Waals surface area contributed by atoms with Crippen LogP contribution in [-0.2, 0) is 0 Å². The Morgan fingerprint density at radius 1 is 0.429 bits per heavy atom. The van der Waals surface area contributed by atoms with Gasteiger partial charge in [0.05, 0.1) is 0 Å². The van der Waals surface area contributed by atoms with Crippen molar-refractivity contribution in [3.8, 4) is 22.3 Å². The van der Waals surface area contributed by atoms with Crippen LogP contribution in [0.3, 0.4) is 0 Å². The van der Waals surface area contributed by atoms with E-state index in [2.05, 4.69) is 9.97 Å². The highest BCUT2D eigenvalue weighted by Gasteiger charge is 2.30. The van der Waals surface area contributed by atoms with Crippen LogP contribution in [-0.4, -0.2) is 21.5 Å². The number of ketones is 2. The van der Waals surface area contributed by atoms with Crippen LogP contribution in [0.25, 0.3) is 22.3 Å². The normalized spacial score (nSPS) is 12.4. The predicted octanol–water partition coefficient (Wildman–Crippen LogP) is 4.59. The number of benzene rings is 2. The molecular formula is C24H14N2O2. The van der Waals surface area contributed by atoms with E-state index in [4.69, 9.17) is 0 Å². The van der Waals surface area contributed by atoms with Crippen LogP contribution >= 0.6 is 0 Å². The number of carbonyl (C=O) groups is 2. The topological polar surface area (TPSA) is 59.9 Å². The van der Waals surface area contributed by atoms with E-state index in [1.165, 1.54) is 0 Å². The summed E-state index contributed by atoms with van der Waals surface area (Å²) in [5.74, 6) is -0.247. The summed E-state index contributed by atoms with van der Waals surface area (Å²) < 4.78 is 0. The van der Waals surface area contributed by atoms with E-state index in [0.29, 0.717) is 22.3 Å². The summed E-state index contributed by atoms with van der Waals surface area (Å²) in [6, 6.07) is 18.3. The van der Waals surface area contributed by atoms with E-state index in [9.17, 15) is 9.59 Å². The predicted molar refractivity (Wildman–Crippen MR) is 106 cm³/mol. The zero-order valence-corrected chi connectivity index (χ0v) is 14.8. The summed E-state index contributed by atoms with van der Waals surface area (Å²) in [7, 11) is 0. The van der Waals surface area contributed by atoms with Gasteiger partial charge in [-0.1, -0.05) is 12.1 Å². The van der Waals surface area contributed by atoms with Crippen molar-refractivity contribution in [3.63, 3.8) is 0 Å². The molecule has 0 saturated heterocycles. The second kappa shape index (κ2) is 6.35. The van der Waals surface area contributed by atoms with Crippen molar-refractivity contribution < 1.29 is 9.59 Å². The average molecular weight is 362 g/mol. The first-order valence-electron chi connectivity index (χ1n) is 8.91. The molecule has 4 aromatic rings. The van der Waals surface area contributed by atoms with Crippen LogP contribution < -0.4 is 0 Å². The molecule has 1 aliphatic carbocycles. The molecule has 4 nitrogen and oxygen atoms in total. The average Bonchev–Trinajstić information content (AvgIpc) is 2.78. The van der Waals surface area contributed by atoms with Gasteiger partial charge < -0.3 is 0 Å². The van der Waals surface area contributed by atoms with Crippen molar-refractivity contribution in [3.05, 3.63) is 108 Å². The van der Waals surface area contributed by atoms with Crippen molar-refractivity contribution in [2.24, 2.45) is 0 Å². The van der Waals surface area contributed by atoms with Crippen LogP contribution in [0.4, 0.5) is 0 Å². The molecule has 0 fully saturated rings. The standard InChI is InChI=1S/C24H14N2O2/c27-23-19-3-1-17(15-5-9-25-10-6-15)13-21(19)24(28)20-4-2-18(14-22(20)23)16-7-11-26-12-8-16/h1-14H. The zero-order chi connectivity index (χ0) is 19.1. The summed E-state index contributed by atoms with van der Waals surface area (Å²) >= 11 is 0. The third-order valence-electron chi connectivity index (χ3n) is 5.04. The SMILES string of the molecule is O=C1c2ccc(-c3ccncc3)cc2C(=O)c2ccc(-c3ccncc3)cc21. The highest BCUT2D eigenvalue weighted by Crippen LogP contribution is 2.33. The van der Waals surface area contributed by atoms with Crippen molar-refractivity contribution in [2.45, 2.75) is 0 Å². The second-order valence-electron chi connectivity index (χ2n) is 6.65. The van der Waals surface area contributed by atoms with Gasteiger partial charge in [-0.15, -0.1) is 0 Å². The van der Waals surface area contributed by atoms with Gasteiger partial charge in [0.1, 0.15) is 0 Å². The Bertz CT molecular complexity index is 1130. The largest absolute Gasteiger partial charge is 0.289 e. The van der Waals surface area contributed by atoms with Crippen LogP contribution in [0.15, 0.2) is 85.5 Å². The molecule has 0 spiro atoms. The monoisotopic (exact) mass is 362 g/mol. The summed E-state index contributed by atoms with van der Waals surface area (Å²) in [6.45, 7) is 0. The van der Waals surface area contributed by atoms with Gasteiger partial charge in [-0.05, 0) is 70.8 Å². The highest BCUT2D eigenvalue weighted by atomic mass is 16.1. The van der Waals surface area contributed by atoms with E-state index < -0.39 is 0 Å². The van der Waals surface area contributed by atoms with Crippen LogP contribution in [0.1, 0.15) is 31.8 Å². The van der Waals surface area contributed by atoms with E-state index in [-0.39, 0.29) is 11.6 Å². The Hall–Kier alpha value is -3.92. The van der Waals surface area contributed by atoms with Crippen molar-refractivity contribution in [1.29, 1.82) is 0 Å². The highest BCUT2D eigenvalue weighted by molar-refractivity contribution is 6.29. The number of aromatic nitrogens is 2. The molecule has 0 N–H and O–H groups in total. The molecule has 1 aliphatic rings. The number of fused-ring (bicyclic) bond motifs is 2. The molecule has 0 radical (unpaired) electrons. The number of rotatable bonds is 2. The van der Waals surface area contributed by atoms with E-state index in [1.807, 2.05) is 36.4 Å². The Morgan fingerprint density at radius 2 is 0.821 bits per heavy atom. The van der Waals surface area contributed by atoms with Gasteiger partial charge in [0.25, 0.3) is 0 Å². The van der Waals surface area contributed by atoms with Gasteiger partial charge in [-0.3, -0.25) is 19.6 Å². The smallest absolute Gasteiger partial charge is 0.194 e. The fourth-order valence-corrected chi connectivity index (χ4v) is 3.60. The van der Waals surface area contributed by atoms with Gasteiger partial charge >= 0.3 is 0 Å². The maximum Gasteiger partial charge on any atom is 0.194 e. The zero-order valence-electron chi connectivity index (χ0n) is 14.8. The fraction of sp³-hybridized carbons (Fsp3) is 0. The summed E-state index contributed by atoms with van der Waals surface area (Å²) in [6.07, 6.45) is 6.82.